The fourth-order valence-electron chi connectivity index (χ4n) is 7.34. The SMILES string of the molecule is COc1ccc(-c2c3ccccc3c(-c3ccc(-c4ccc(-n5c6ccccc6c6ccccc65)cc4)cc3)c3ccccc23)cc1. The number of para-hydroxylation sites is 2. The first-order valence-corrected chi connectivity index (χ1v) is 16.1. The second-order valence-corrected chi connectivity index (χ2v) is 12.1. The molecule has 2 nitrogen and oxygen atoms in total. The van der Waals surface area contributed by atoms with Crippen LogP contribution in [-0.2, 0) is 0 Å². The number of benzene rings is 8. The lowest BCUT2D eigenvalue weighted by Gasteiger charge is -2.18. The Morgan fingerprint density at radius 2 is 0.681 bits per heavy atom. The van der Waals surface area contributed by atoms with Crippen molar-refractivity contribution in [2.75, 3.05) is 7.11 Å². The monoisotopic (exact) mass is 601 g/mol. The molecule has 0 radical (unpaired) electrons. The molecule has 1 heterocycles. The zero-order chi connectivity index (χ0) is 31.3. The molecule has 0 unspecified atom stereocenters. The number of rotatable bonds is 5. The lowest BCUT2D eigenvalue weighted by Crippen LogP contribution is -1.93. The van der Waals surface area contributed by atoms with E-state index < -0.39 is 0 Å². The minimum Gasteiger partial charge on any atom is -0.497 e. The van der Waals surface area contributed by atoms with Gasteiger partial charge in [-0.05, 0) is 91.3 Å². The Labute approximate surface area is 273 Å². The molecular weight excluding hydrogens is 571 g/mol. The van der Waals surface area contributed by atoms with Gasteiger partial charge in [0.25, 0.3) is 0 Å². The first kappa shape index (κ1) is 27.2. The van der Waals surface area contributed by atoms with Crippen LogP contribution in [0.5, 0.6) is 5.75 Å². The van der Waals surface area contributed by atoms with Gasteiger partial charge in [0.05, 0.1) is 18.1 Å². The highest BCUT2D eigenvalue weighted by atomic mass is 16.5. The van der Waals surface area contributed by atoms with Gasteiger partial charge in [-0.1, -0.05) is 133 Å². The van der Waals surface area contributed by atoms with Crippen LogP contribution >= 0.6 is 0 Å². The molecule has 47 heavy (non-hydrogen) atoms. The maximum absolute atomic E-state index is 5.45. The third kappa shape index (κ3) is 4.41. The highest BCUT2D eigenvalue weighted by Gasteiger charge is 2.17. The Hall–Kier alpha value is -6.12. The van der Waals surface area contributed by atoms with E-state index in [0.29, 0.717) is 0 Å². The highest BCUT2D eigenvalue weighted by Crippen LogP contribution is 2.44. The van der Waals surface area contributed by atoms with Crippen molar-refractivity contribution >= 4 is 43.4 Å². The molecule has 0 saturated carbocycles. The average molecular weight is 602 g/mol. The average Bonchev–Trinajstić information content (AvgIpc) is 3.48. The summed E-state index contributed by atoms with van der Waals surface area (Å²) in [5, 5.41) is 7.55. The van der Waals surface area contributed by atoms with Crippen molar-refractivity contribution < 1.29 is 4.74 Å². The van der Waals surface area contributed by atoms with Crippen LogP contribution < -0.4 is 4.74 Å². The summed E-state index contributed by atoms with van der Waals surface area (Å²) in [6, 6.07) is 61.3. The van der Waals surface area contributed by atoms with Crippen molar-refractivity contribution in [2.24, 2.45) is 0 Å². The quantitative estimate of drug-likeness (QED) is 0.179. The smallest absolute Gasteiger partial charge is 0.118 e. The maximum atomic E-state index is 5.45. The molecule has 0 fully saturated rings. The summed E-state index contributed by atoms with van der Waals surface area (Å²) >= 11 is 0. The van der Waals surface area contributed by atoms with Gasteiger partial charge < -0.3 is 9.30 Å². The summed E-state index contributed by atoms with van der Waals surface area (Å²) in [5.74, 6) is 0.862. The molecule has 0 saturated heterocycles. The summed E-state index contributed by atoms with van der Waals surface area (Å²) in [6.07, 6.45) is 0. The number of fused-ring (bicyclic) bond motifs is 5. The van der Waals surface area contributed by atoms with Crippen LogP contribution in [0.15, 0.2) is 170 Å². The summed E-state index contributed by atoms with van der Waals surface area (Å²) in [4.78, 5) is 0. The van der Waals surface area contributed by atoms with Gasteiger partial charge in [-0.2, -0.15) is 0 Å². The van der Waals surface area contributed by atoms with Crippen molar-refractivity contribution in [3.8, 4) is 44.8 Å². The van der Waals surface area contributed by atoms with E-state index in [9.17, 15) is 0 Å². The molecule has 9 aromatic rings. The molecule has 0 aliphatic carbocycles. The summed E-state index contributed by atoms with van der Waals surface area (Å²) in [7, 11) is 1.71. The summed E-state index contributed by atoms with van der Waals surface area (Å²) in [6.45, 7) is 0. The van der Waals surface area contributed by atoms with E-state index in [0.717, 1.165) is 11.4 Å². The van der Waals surface area contributed by atoms with Crippen LogP contribution in [0.3, 0.4) is 0 Å². The van der Waals surface area contributed by atoms with Crippen LogP contribution in [-0.4, -0.2) is 11.7 Å². The van der Waals surface area contributed by atoms with Crippen LogP contribution in [0.2, 0.25) is 0 Å². The zero-order valence-electron chi connectivity index (χ0n) is 26.0. The second kappa shape index (κ2) is 11.0. The van der Waals surface area contributed by atoms with Crippen LogP contribution in [0.4, 0.5) is 0 Å². The first-order valence-electron chi connectivity index (χ1n) is 16.1. The van der Waals surface area contributed by atoms with E-state index in [2.05, 4.69) is 162 Å². The molecule has 0 N–H and O–H groups in total. The minimum absolute atomic E-state index is 0.862. The number of aromatic nitrogens is 1. The number of hydrogen-bond donors (Lipinski definition) is 0. The van der Waals surface area contributed by atoms with Gasteiger partial charge in [0.2, 0.25) is 0 Å². The molecule has 0 amide bonds. The Balaban J connectivity index is 1.13. The van der Waals surface area contributed by atoms with Crippen molar-refractivity contribution in [1.82, 2.24) is 4.57 Å². The lowest BCUT2D eigenvalue weighted by molar-refractivity contribution is 0.415. The minimum atomic E-state index is 0.862. The Bertz CT molecular complexity index is 2460. The van der Waals surface area contributed by atoms with Gasteiger partial charge in [0.1, 0.15) is 5.75 Å². The predicted octanol–water partition coefficient (Wildman–Crippen LogP) is 12.1. The molecule has 0 aliphatic rings. The van der Waals surface area contributed by atoms with Crippen molar-refractivity contribution in [3.63, 3.8) is 0 Å². The third-order valence-corrected chi connectivity index (χ3v) is 9.52. The Kier molecular flexibility index (Phi) is 6.39. The Morgan fingerprint density at radius 3 is 1.11 bits per heavy atom. The lowest BCUT2D eigenvalue weighted by atomic mass is 9.85. The normalized spacial score (nSPS) is 11.5. The summed E-state index contributed by atoms with van der Waals surface area (Å²) in [5.41, 5.74) is 10.9. The van der Waals surface area contributed by atoms with E-state index in [4.69, 9.17) is 4.74 Å². The number of ether oxygens (including phenoxy) is 1. The van der Waals surface area contributed by atoms with Crippen LogP contribution in [0.1, 0.15) is 0 Å². The fraction of sp³-hybridized carbons (Fsp3) is 0.0222. The van der Waals surface area contributed by atoms with Gasteiger partial charge in [-0.3, -0.25) is 0 Å². The molecular formula is C45H31NO. The van der Waals surface area contributed by atoms with Gasteiger partial charge >= 0.3 is 0 Å². The van der Waals surface area contributed by atoms with E-state index in [1.165, 1.54) is 76.7 Å². The molecule has 2 heteroatoms. The number of hydrogen-bond acceptors (Lipinski definition) is 1. The van der Waals surface area contributed by atoms with E-state index in [1.54, 1.807) is 7.11 Å². The molecule has 0 bridgehead atoms. The maximum Gasteiger partial charge on any atom is 0.118 e. The number of nitrogens with zero attached hydrogens (tertiary/aromatic N) is 1. The van der Waals surface area contributed by atoms with Crippen molar-refractivity contribution in [3.05, 3.63) is 170 Å². The fourth-order valence-corrected chi connectivity index (χ4v) is 7.34. The highest BCUT2D eigenvalue weighted by molar-refractivity contribution is 6.21. The zero-order valence-corrected chi connectivity index (χ0v) is 26.0. The predicted molar refractivity (Wildman–Crippen MR) is 199 cm³/mol. The van der Waals surface area contributed by atoms with E-state index in [-0.39, 0.29) is 0 Å². The van der Waals surface area contributed by atoms with Crippen molar-refractivity contribution in [2.45, 2.75) is 0 Å². The number of methoxy groups -OCH3 is 1. The van der Waals surface area contributed by atoms with E-state index in [1.807, 2.05) is 12.1 Å². The molecule has 0 aliphatic heterocycles. The van der Waals surface area contributed by atoms with Crippen molar-refractivity contribution in [1.29, 1.82) is 0 Å². The topological polar surface area (TPSA) is 14.2 Å². The molecule has 9 rings (SSSR count). The van der Waals surface area contributed by atoms with Gasteiger partial charge in [0, 0.05) is 16.5 Å². The third-order valence-electron chi connectivity index (χ3n) is 9.52. The first-order chi connectivity index (χ1) is 23.3. The van der Waals surface area contributed by atoms with Gasteiger partial charge in [-0.15, -0.1) is 0 Å². The van der Waals surface area contributed by atoms with E-state index >= 15 is 0 Å². The molecule has 0 atom stereocenters. The molecule has 222 valence electrons. The summed E-state index contributed by atoms with van der Waals surface area (Å²) < 4.78 is 7.82. The molecule has 0 spiro atoms. The van der Waals surface area contributed by atoms with Crippen LogP contribution in [0.25, 0.3) is 82.4 Å². The Morgan fingerprint density at radius 1 is 0.340 bits per heavy atom. The molecule has 1 aromatic heterocycles. The van der Waals surface area contributed by atoms with Gasteiger partial charge in [0.15, 0.2) is 0 Å². The molecule has 8 aromatic carbocycles. The standard InChI is InChI=1S/C45H31NO/c1-47-35-28-24-33(25-29-35)45-40-14-4-2-12-38(40)44(39-13-3-5-15-41(39)45)32-20-18-30(19-21-32)31-22-26-34(27-23-31)46-42-16-8-6-10-36(42)37-11-7-9-17-43(37)46/h2-29H,1H3. The largest absolute Gasteiger partial charge is 0.497 e. The van der Waals surface area contributed by atoms with Crippen LogP contribution in [0, 0.1) is 0 Å². The van der Waals surface area contributed by atoms with Gasteiger partial charge in [-0.25, -0.2) is 0 Å². The second-order valence-electron chi connectivity index (χ2n) is 12.1.